The molecular weight excluding hydrogens is 495 g/mol. The first-order chi connectivity index (χ1) is 18.9. The van der Waals surface area contributed by atoms with Crippen LogP contribution in [0.25, 0.3) is 22.3 Å². The number of hydrogen-bond donors (Lipinski definition) is 1. The maximum absolute atomic E-state index is 13.6. The molecule has 1 saturated heterocycles. The van der Waals surface area contributed by atoms with Crippen LogP contribution < -0.4 is 4.90 Å². The van der Waals surface area contributed by atoms with Gasteiger partial charge in [-0.1, -0.05) is 18.2 Å². The molecule has 1 N–H and O–H groups in total. The number of fused-ring (bicyclic) bond motifs is 1. The van der Waals surface area contributed by atoms with Crippen LogP contribution in [0.3, 0.4) is 0 Å². The SMILES string of the molecule is C[C@H]1CN(c2ccccc2)CCN1C(=O)c1ccc2nc(-c3ccc(F)cc3)c(CCCCC(=O)O)nc2c1. The first-order valence-electron chi connectivity index (χ1n) is 13.3. The minimum absolute atomic E-state index is 0.0375. The summed E-state index contributed by atoms with van der Waals surface area (Å²) in [6.45, 7) is 4.20. The highest BCUT2D eigenvalue weighted by Crippen LogP contribution is 2.27. The molecule has 1 aromatic heterocycles. The number of hydrogen-bond acceptors (Lipinski definition) is 5. The summed E-state index contributed by atoms with van der Waals surface area (Å²) >= 11 is 0. The third-order valence-electron chi connectivity index (χ3n) is 7.16. The molecule has 1 atom stereocenters. The Balaban J connectivity index is 1.40. The number of aryl methyl sites for hydroxylation is 1. The van der Waals surface area contributed by atoms with E-state index >= 15 is 0 Å². The summed E-state index contributed by atoms with van der Waals surface area (Å²) in [7, 11) is 0. The van der Waals surface area contributed by atoms with Gasteiger partial charge in [0.25, 0.3) is 5.91 Å². The molecule has 1 fully saturated rings. The Hall–Kier alpha value is -4.33. The molecule has 0 unspecified atom stereocenters. The van der Waals surface area contributed by atoms with Crippen LogP contribution in [-0.4, -0.2) is 57.5 Å². The van der Waals surface area contributed by atoms with Crippen molar-refractivity contribution in [3.05, 3.63) is 89.9 Å². The van der Waals surface area contributed by atoms with E-state index in [0.29, 0.717) is 53.8 Å². The quantitative estimate of drug-likeness (QED) is 0.302. The van der Waals surface area contributed by atoms with E-state index in [0.717, 1.165) is 24.3 Å². The van der Waals surface area contributed by atoms with Gasteiger partial charge in [-0.05, 0) is 80.8 Å². The minimum Gasteiger partial charge on any atom is -0.481 e. The van der Waals surface area contributed by atoms with Crippen molar-refractivity contribution in [1.82, 2.24) is 14.9 Å². The molecule has 0 radical (unpaired) electrons. The molecular formula is C31H31FN4O3. The number of anilines is 1. The molecule has 200 valence electrons. The molecule has 2 heterocycles. The van der Waals surface area contributed by atoms with Gasteiger partial charge in [0.05, 0.1) is 22.4 Å². The zero-order chi connectivity index (χ0) is 27.4. The van der Waals surface area contributed by atoms with Crippen molar-refractivity contribution in [2.75, 3.05) is 24.5 Å². The number of carbonyl (C=O) groups excluding carboxylic acids is 1. The summed E-state index contributed by atoms with van der Waals surface area (Å²) in [6.07, 6.45) is 1.76. The average molecular weight is 527 g/mol. The fourth-order valence-corrected chi connectivity index (χ4v) is 5.10. The Labute approximate surface area is 226 Å². The monoisotopic (exact) mass is 526 g/mol. The highest BCUT2D eigenvalue weighted by atomic mass is 19.1. The second-order valence-corrected chi connectivity index (χ2v) is 9.96. The van der Waals surface area contributed by atoms with Crippen molar-refractivity contribution in [2.45, 2.75) is 38.6 Å². The molecule has 1 amide bonds. The summed E-state index contributed by atoms with van der Waals surface area (Å²) in [5.74, 6) is -1.21. The van der Waals surface area contributed by atoms with Gasteiger partial charge < -0.3 is 14.9 Å². The topological polar surface area (TPSA) is 86.6 Å². The molecule has 39 heavy (non-hydrogen) atoms. The van der Waals surface area contributed by atoms with Gasteiger partial charge in [-0.3, -0.25) is 9.59 Å². The Morgan fingerprint density at radius 2 is 1.72 bits per heavy atom. The number of carbonyl (C=O) groups is 2. The van der Waals surface area contributed by atoms with Gasteiger partial charge in [0.15, 0.2) is 0 Å². The van der Waals surface area contributed by atoms with E-state index in [1.54, 1.807) is 24.3 Å². The van der Waals surface area contributed by atoms with E-state index < -0.39 is 5.97 Å². The Morgan fingerprint density at radius 1 is 0.949 bits per heavy atom. The van der Waals surface area contributed by atoms with Gasteiger partial charge in [0.2, 0.25) is 0 Å². The number of carboxylic acid groups (broad SMARTS) is 1. The van der Waals surface area contributed by atoms with Crippen molar-refractivity contribution >= 4 is 28.6 Å². The van der Waals surface area contributed by atoms with Crippen LogP contribution in [0.15, 0.2) is 72.8 Å². The first-order valence-corrected chi connectivity index (χ1v) is 13.3. The van der Waals surface area contributed by atoms with E-state index in [1.165, 1.54) is 12.1 Å². The summed E-state index contributed by atoms with van der Waals surface area (Å²) in [6, 6.07) is 21.8. The number of aliphatic carboxylic acids is 1. The van der Waals surface area contributed by atoms with Gasteiger partial charge in [-0.25, -0.2) is 14.4 Å². The van der Waals surface area contributed by atoms with Gasteiger partial charge in [-0.2, -0.15) is 0 Å². The normalized spacial score (nSPS) is 15.5. The van der Waals surface area contributed by atoms with E-state index in [2.05, 4.69) is 24.0 Å². The standard InChI is InChI=1S/C31H31FN4O3/c1-21-20-35(25-7-3-2-4-8-25)17-18-36(21)31(39)23-13-16-26-28(19-23)33-27(9-5-6-10-29(37)38)30(34-26)22-11-14-24(32)15-12-22/h2-4,7-8,11-16,19,21H,5-6,9-10,17-18,20H2,1H3,(H,37,38)/t21-/m0/s1. The number of unbranched alkanes of at least 4 members (excludes halogenated alkanes) is 1. The molecule has 8 heteroatoms. The molecule has 4 aromatic rings. The highest BCUT2D eigenvalue weighted by Gasteiger charge is 2.28. The third kappa shape index (κ3) is 6.06. The molecule has 5 rings (SSSR count). The Morgan fingerprint density at radius 3 is 2.44 bits per heavy atom. The van der Waals surface area contributed by atoms with Crippen molar-refractivity contribution in [3.63, 3.8) is 0 Å². The third-order valence-corrected chi connectivity index (χ3v) is 7.16. The van der Waals surface area contributed by atoms with Gasteiger partial charge in [0.1, 0.15) is 5.82 Å². The lowest BCUT2D eigenvalue weighted by Gasteiger charge is -2.41. The zero-order valence-corrected chi connectivity index (χ0v) is 21.9. The van der Waals surface area contributed by atoms with Crippen molar-refractivity contribution in [3.8, 4) is 11.3 Å². The molecule has 0 saturated carbocycles. The minimum atomic E-state index is -0.833. The number of benzene rings is 3. The lowest BCUT2D eigenvalue weighted by molar-refractivity contribution is -0.137. The smallest absolute Gasteiger partial charge is 0.303 e. The van der Waals surface area contributed by atoms with E-state index in [4.69, 9.17) is 15.1 Å². The first kappa shape index (κ1) is 26.3. The van der Waals surface area contributed by atoms with Gasteiger partial charge in [0, 0.05) is 48.9 Å². The second-order valence-electron chi connectivity index (χ2n) is 9.96. The highest BCUT2D eigenvalue weighted by molar-refractivity contribution is 5.98. The molecule has 0 bridgehead atoms. The lowest BCUT2D eigenvalue weighted by atomic mass is 10.0. The zero-order valence-electron chi connectivity index (χ0n) is 21.9. The Bertz CT molecular complexity index is 1480. The molecule has 3 aromatic carbocycles. The fourth-order valence-electron chi connectivity index (χ4n) is 5.10. The van der Waals surface area contributed by atoms with Crippen molar-refractivity contribution in [2.24, 2.45) is 0 Å². The van der Waals surface area contributed by atoms with Crippen LogP contribution in [-0.2, 0) is 11.2 Å². The number of halogens is 1. The number of amides is 1. The van der Waals surface area contributed by atoms with Crippen LogP contribution >= 0.6 is 0 Å². The molecule has 0 aliphatic carbocycles. The molecule has 1 aliphatic rings. The summed E-state index contributed by atoms with van der Waals surface area (Å²) < 4.78 is 13.6. The van der Waals surface area contributed by atoms with Crippen molar-refractivity contribution < 1.29 is 19.1 Å². The van der Waals surface area contributed by atoms with Crippen LogP contribution in [0.2, 0.25) is 0 Å². The van der Waals surface area contributed by atoms with Gasteiger partial charge >= 0.3 is 5.97 Å². The summed E-state index contributed by atoms with van der Waals surface area (Å²) in [4.78, 5) is 38.4. The molecule has 1 aliphatic heterocycles. The second kappa shape index (κ2) is 11.6. The summed E-state index contributed by atoms with van der Waals surface area (Å²) in [5.41, 5.74) is 5.05. The lowest BCUT2D eigenvalue weighted by Crippen LogP contribution is -2.54. The number of nitrogens with zero attached hydrogens (tertiary/aromatic N) is 4. The van der Waals surface area contributed by atoms with E-state index in [9.17, 15) is 14.0 Å². The predicted octanol–water partition coefficient (Wildman–Crippen LogP) is 5.58. The van der Waals surface area contributed by atoms with Crippen LogP contribution in [0.4, 0.5) is 10.1 Å². The fraction of sp³-hybridized carbons (Fsp3) is 0.290. The number of para-hydroxylation sites is 1. The largest absolute Gasteiger partial charge is 0.481 e. The number of carboxylic acids is 1. The average Bonchev–Trinajstić information content (AvgIpc) is 2.95. The number of aromatic nitrogens is 2. The van der Waals surface area contributed by atoms with Gasteiger partial charge in [-0.15, -0.1) is 0 Å². The number of piperazine rings is 1. The molecule has 7 nitrogen and oxygen atoms in total. The maximum Gasteiger partial charge on any atom is 0.303 e. The Kier molecular flexibility index (Phi) is 7.81. The van der Waals surface area contributed by atoms with Crippen LogP contribution in [0, 0.1) is 5.82 Å². The van der Waals surface area contributed by atoms with Crippen LogP contribution in [0.1, 0.15) is 42.2 Å². The van der Waals surface area contributed by atoms with E-state index in [-0.39, 0.29) is 24.2 Å². The summed E-state index contributed by atoms with van der Waals surface area (Å²) in [5, 5.41) is 8.99. The van der Waals surface area contributed by atoms with Crippen LogP contribution in [0.5, 0.6) is 0 Å². The predicted molar refractivity (Wildman–Crippen MR) is 149 cm³/mol. The maximum atomic E-state index is 13.6. The molecule has 0 spiro atoms. The number of rotatable bonds is 8. The van der Waals surface area contributed by atoms with E-state index in [1.807, 2.05) is 29.2 Å². The van der Waals surface area contributed by atoms with Crippen molar-refractivity contribution in [1.29, 1.82) is 0 Å².